The standard InChI is InChI=1S/C16H20ClN3OS/c1-10-6-16(7-12(19-10)13-8-20(2)9-18-13)15-11(3-4-21-16)5-14(17)22-15/h5,8-10,12,19H,3-4,6-7H2,1-2H3. The van der Waals surface area contributed by atoms with Gasteiger partial charge in [-0.3, -0.25) is 0 Å². The van der Waals surface area contributed by atoms with Crippen LogP contribution in [0, 0.1) is 0 Å². The summed E-state index contributed by atoms with van der Waals surface area (Å²) in [4.78, 5) is 5.87. The highest BCUT2D eigenvalue weighted by atomic mass is 35.5. The van der Waals surface area contributed by atoms with Gasteiger partial charge in [0.2, 0.25) is 0 Å². The smallest absolute Gasteiger partial charge is 0.106 e. The van der Waals surface area contributed by atoms with Crippen molar-refractivity contribution in [3.63, 3.8) is 0 Å². The van der Waals surface area contributed by atoms with Gasteiger partial charge in [0.15, 0.2) is 0 Å². The van der Waals surface area contributed by atoms with Crippen LogP contribution in [-0.4, -0.2) is 22.2 Å². The number of hydrogen-bond acceptors (Lipinski definition) is 4. The maximum absolute atomic E-state index is 6.35. The van der Waals surface area contributed by atoms with Crippen LogP contribution in [0.1, 0.15) is 41.9 Å². The molecule has 2 aromatic heterocycles. The predicted molar refractivity (Wildman–Crippen MR) is 88.4 cm³/mol. The summed E-state index contributed by atoms with van der Waals surface area (Å²) in [5, 5.41) is 3.67. The summed E-state index contributed by atoms with van der Waals surface area (Å²) in [6.45, 7) is 3.01. The maximum Gasteiger partial charge on any atom is 0.106 e. The predicted octanol–water partition coefficient (Wildman–Crippen LogP) is 3.42. The number of halogens is 1. The summed E-state index contributed by atoms with van der Waals surface area (Å²) in [5.41, 5.74) is 2.25. The molecule has 1 saturated heterocycles. The van der Waals surface area contributed by atoms with Crippen LogP contribution >= 0.6 is 22.9 Å². The Labute approximate surface area is 139 Å². The third kappa shape index (κ3) is 2.40. The van der Waals surface area contributed by atoms with Crippen LogP contribution in [0.2, 0.25) is 4.34 Å². The topological polar surface area (TPSA) is 39.1 Å². The molecule has 0 bridgehead atoms. The quantitative estimate of drug-likeness (QED) is 0.866. The fourth-order valence-corrected chi connectivity index (χ4v) is 5.33. The Morgan fingerprint density at radius 2 is 2.36 bits per heavy atom. The molecule has 0 aromatic carbocycles. The van der Waals surface area contributed by atoms with Crippen LogP contribution in [0.4, 0.5) is 0 Å². The highest BCUT2D eigenvalue weighted by Gasteiger charge is 2.46. The molecule has 4 rings (SSSR count). The van der Waals surface area contributed by atoms with Crippen LogP contribution in [0.5, 0.6) is 0 Å². The van der Waals surface area contributed by atoms with Gasteiger partial charge in [-0.1, -0.05) is 11.6 Å². The molecular weight excluding hydrogens is 318 g/mol. The SMILES string of the molecule is CC1CC2(CC(c3cn(C)cn3)N1)OCCc1cc(Cl)sc12. The highest BCUT2D eigenvalue weighted by molar-refractivity contribution is 7.16. The third-order valence-electron chi connectivity index (χ3n) is 4.68. The number of thiophene rings is 1. The van der Waals surface area contributed by atoms with Crippen molar-refractivity contribution < 1.29 is 4.74 Å². The molecule has 4 heterocycles. The van der Waals surface area contributed by atoms with E-state index in [1.807, 2.05) is 17.9 Å². The fourth-order valence-electron chi connectivity index (χ4n) is 3.86. The van der Waals surface area contributed by atoms with Gasteiger partial charge >= 0.3 is 0 Å². The molecule has 3 atom stereocenters. The molecule has 2 aromatic rings. The van der Waals surface area contributed by atoms with Crippen LogP contribution in [0.25, 0.3) is 0 Å². The van der Waals surface area contributed by atoms with Crippen molar-refractivity contribution in [3.8, 4) is 0 Å². The average molecular weight is 338 g/mol. The molecule has 1 fully saturated rings. The van der Waals surface area contributed by atoms with E-state index in [-0.39, 0.29) is 11.6 Å². The van der Waals surface area contributed by atoms with Gasteiger partial charge in [0.25, 0.3) is 0 Å². The number of nitrogens with zero attached hydrogens (tertiary/aromatic N) is 2. The fraction of sp³-hybridized carbons (Fsp3) is 0.562. The number of imidazole rings is 1. The first-order valence-electron chi connectivity index (χ1n) is 7.72. The summed E-state index contributed by atoms with van der Waals surface area (Å²) in [7, 11) is 2.01. The monoisotopic (exact) mass is 337 g/mol. The number of aromatic nitrogens is 2. The van der Waals surface area contributed by atoms with E-state index in [4.69, 9.17) is 16.3 Å². The van der Waals surface area contributed by atoms with Gasteiger partial charge in [-0.25, -0.2) is 4.98 Å². The lowest BCUT2D eigenvalue weighted by atomic mass is 9.79. The van der Waals surface area contributed by atoms with E-state index in [2.05, 4.69) is 29.5 Å². The van der Waals surface area contributed by atoms with E-state index in [0.717, 1.165) is 35.9 Å². The Kier molecular flexibility index (Phi) is 3.57. The second-order valence-corrected chi connectivity index (χ2v) is 8.17. The Morgan fingerprint density at radius 1 is 1.50 bits per heavy atom. The second-order valence-electron chi connectivity index (χ2n) is 6.49. The molecule has 118 valence electrons. The molecule has 2 aliphatic rings. The first-order chi connectivity index (χ1) is 10.6. The van der Waals surface area contributed by atoms with Gasteiger partial charge < -0.3 is 14.6 Å². The van der Waals surface area contributed by atoms with E-state index < -0.39 is 0 Å². The van der Waals surface area contributed by atoms with E-state index >= 15 is 0 Å². The second kappa shape index (κ2) is 5.34. The van der Waals surface area contributed by atoms with E-state index in [1.54, 1.807) is 11.3 Å². The summed E-state index contributed by atoms with van der Waals surface area (Å²) in [6.07, 6.45) is 6.82. The summed E-state index contributed by atoms with van der Waals surface area (Å²) >= 11 is 7.97. The number of piperidine rings is 1. The molecule has 1 spiro atoms. The summed E-state index contributed by atoms with van der Waals surface area (Å²) in [5.74, 6) is 0. The van der Waals surface area contributed by atoms with Crippen LogP contribution < -0.4 is 5.32 Å². The minimum Gasteiger partial charge on any atom is -0.369 e. The van der Waals surface area contributed by atoms with Gasteiger partial charge in [0, 0.05) is 30.6 Å². The minimum absolute atomic E-state index is 0.210. The number of rotatable bonds is 1. The maximum atomic E-state index is 6.35. The zero-order chi connectivity index (χ0) is 15.3. The van der Waals surface area contributed by atoms with Crippen molar-refractivity contribution in [1.29, 1.82) is 0 Å². The first kappa shape index (κ1) is 14.7. The Balaban J connectivity index is 1.72. The lowest BCUT2D eigenvalue weighted by molar-refractivity contribution is -0.0957. The number of nitrogens with one attached hydrogen (secondary N) is 1. The van der Waals surface area contributed by atoms with Crippen LogP contribution in [-0.2, 0) is 23.8 Å². The van der Waals surface area contributed by atoms with Gasteiger partial charge in [0.05, 0.1) is 29.0 Å². The van der Waals surface area contributed by atoms with Gasteiger partial charge in [-0.05, 0) is 31.4 Å². The van der Waals surface area contributed by atoms with Crippen molar-refractivity contribution in [1.82, 2.24) is 14.9 Å². The number of hydrogen-bond donors (Lipinski definition) is 1. The molecule has 22 heavy (non-hydrogen) atoms. The largest absolute Gasteiger partial charge is 0.369 e. The van der Waals surface area contributed by atoms with Crippen molar-refractivity contribution in [2.45, 2.75) is 43.9 Å². The molecule has 0 amide bonds. The van der Waals surface area contributed by atoms with Crippen molar-refractivity contribution in [3.05, 3.63) is 39.1 Å². The lowest BCUT2D eigenvalue weighted by Gasteiger charge is -2.45. The molecule has 3 unspecified atom stereocenters. The lowest BCUT2D eigenvalue weighted by Crippen LogP contribution is -2.49. The zero-order valence-electron chi connectivity index (χ0n) is 12.8. The Hall–Kier alpha value is -0.880. The highest BCUT2D eigenvalue weighted by Crippen LogP contribution is 2.49. The van der Waals surface area contributed by atoms with E-state index in [9.17, 15) is 0 Å². The van der Waals surface area contributed by atoms with Crippen molar-refractivity contribution >= 4 is 22.9 Å². The van der Waals surface area contributed by atoms with E-state index in [0.29, 0.717) is 6.04 Å². The van der Waals surface area contributed by atoms with Gasteiger partial charge in [-0.2, -0.15) is 0 Å². The number of ether oxygens (including phenoxy) is 1. The zero-order valence-corrected chi connectivity index (χ0v) is 14.4. The molecule has 4 nitrogen and oxygen atoms in total. The molecule has 0 aliphatic carbocycles. The molecule has 2 aliphatic heterocycles. The Morgan fingerprint density at radius 3 is 3.14 bits per heavy atom. The first-order valence-corrected chi connectivity index (χ1v) is 8.92. The van der Waals surface area contributed by atoms with Crippen molar-refractivity contribution in [2.75, 3.05) is 6.61 Å². The molecule has 0 radical (unpaired) electrons. The number of fused-ring (bicyclic) bond motifs is 2. The third-order valence-corrected chi connectivity index (χ3v) is 6.17. The van der Waals surface area contributed by atoms with E-state index in [1.165, 1.54) is 10.4 Å². The minimum atomic E-state index is -0.210. The summed E-state index contributed by atoms with van der Waals surface area (Å²) in [6, 6.07) is 2.72. The number of aryl methyl sites for hydroxylation is 1. The van der Waals surface area contributed by atoms with Crippen LogP contribution in [0.3, 0.4) is 0 Å². The van der Waals surface area contributed by atoms with Crippen LogP contribution in [0.15, 0.2) is 18.6 Å². The van der Waals surface area contributed by atoms with Crippen molar-refractivity contribution in [2.24, 2.45) is 7.05 Å². The normalized spacial score (nSPS) is 31.4. The molecular formula is C16H20ClN3OS. The molecule has 1 N–H and O–H groups in total. The summed E-state index contributed by atoms with van der Waals surface area (Å²) < 4.78 is 9.22. The molecule has 6 heteroatoms. The van der Waals surface area contributed by atoms with Gasteiger partial charge in [-0.15, -0.1) is 11.3 Å². The average Bonchev–Trinajstić information content (AvgIpc) is 3.04. The Bertz CT molecular complexity index is 697. The molecule has 0 saturated carbocycles. The van der Waals surface area contributed by atoms with Gasteiger partial charge in [0.1, 0.15) is 5.60 Å².